The number of pyridine rings is 1. The Balaban J connectivity index is 1.27. The van der Waals surface area contributed by atoms with E-state index in [9.17, 15) is 0 Å². The van der Waals surface area contributed by atoms with E-state index in [1.807, 2.05) is 6.20 Å². The molecule has 10 rings (SSSR count). The van der Waals surface area contributed by atoms with E-state index < -0.39 is 0 Å². The van der Waals surface area contributed by atoms with E-state index in [-0.39, 0.29) is 10.8 Å². The lowest BCUT2D eigenvalue weighted by atomic mass is 9.74. The third kappa shape index (κ3) is 5.67. The molecule has 0 unspecified atom stereocenters. The largest absolute Gasteiger partial charge is 0.354 e. The molecule has 58 heavy (non-hydrogen) atoms. The molecule has 5 nitrogen and oxygen atoms in total. The van der Waals surface area contributed by atoms with Crippen LogP contribution in [-0.2, 0) is 10.8 Å². The Morgan fingerprint density at radius 1 is 0.552 bits per heavy atom. The lowest BCUT2D eigenvalue weighted by molar-refractivity contribution is 0.531. The van der Waals surface area contributed by atoms with Gasteiger partial charge in [0.25, 0.3) is 0 Å². The number of hydrogen-bond acceptors (Lipinski definition) is 2. The molecule has 0 saturated carbocycles. The molecule has 0 bridgehead atoms. The first-order chi connectivity index (χ1) is 27.9. The van der Waals surface area contributed by atoms with Crippen molar-refractivity contribution in [3.63, 3.8) is 0 Å². The van der Waals surface area contributed by atoms with Crippen molar-refractivity contribution in [2.45, 2.75) is 72.1 Å². The number of hydrogen-bond donors (Lipinski definition) is 1. The van der Waals surface area contributed by atoms with Gasteiger partial charge in [-0.2, -0.15) is 0 Å². The van der Waals surface area contributed by atoms with Crippen LogP contribution in [0.1, 0.15) is 78.0 Å². The second kappa shape index (κ2) is 13.0. The van der Waals surface area contributed by atoms with Crippen LogP contribution in [0.3, 0.4) is 0 Å². The fourth-order valence-corrected chi connectivity index (χ4v) is 9.04. The number of imidazole rings is 1. The Morgan fingerprint density at radius 2 is 1.24 bits per heavy atom. The van der Waals surface area contributed by atoms with Gasteiger partial charge in [0.05, 0.1) is 27.6 Å². The van der Waals surface area contributed by atoms with Gasteiger partial charge in [-0.25, -0.2) is 9.97 Å². The van der Waals surface area contributed by atoms with E-state index in [0.717, 1.165) is 61.6 Å². The molecule has 10 aromatic rings. The quantitative estimate of drug-likeness (QED) is 0.190. The Bertz CT molecular complexity index is 3210. The zero-order valence-electron chi connectivity index (χ0n) is 34.6. The standard InChI is InChI=1S/C53H49N5/c1-32(2)33-26-27-54-48(29-33)58-46-28-34(24-25-38(46)41-30-42(52(3,4)5)43(31-47(41)58)53(6,7)8)36-19-15-23-45-50(36)56-51(57(45)35-16-10-9-11-17-35)40-21-14-20-39-37-18-12-13-22-44(37)55-49(39)40/h9-32,55H,1-8H3. The highest BCUT2D eigenvalue weighted by Crippen LogP contribution is 2.43. The zero-order valence-corrected chi connectivity index (χ0v) is 34.6. The average molecular weight is 756 g/mol. The van der Waals surface area contributed by atoms with Crippen molar-refractivity contribution >= 4 is 54.6 Å². The van der Waals surface area contributed by atoms with Crippen LogP contribution in [0.2, 0.25) is 0 Å². The second-order valence-corrected chi connectivity index (χ2v) is 18.3. The SMILES string of the molecule is CC(C)c1ccnc(-n2c3cc(-c4cccc5c4nc(-c4cccc6c4[nH]c4ccccc46)n5-c4ccccc4)ccc3c3cc(C(C)(C)C)c(C(C)(C)C)cc32)c1. The molecule has 4 aromatic heterocycles. The highest BCUT2D eigenvalue weighted by molar-refractivity contribution is 6.13. The molecular weight excluding hydrogens is 707 g/mol. The molecule has 0 spiro atoms. The third-order valence-electron chi connectivity index (χ3n) is 12.0. The molecular formula is C53H49N5. The Labute approximate surface area is 340 Å². The van der Waals surface area contributed by atoms with Crippen LogP contribution < -0.4 is 0 Å². The topological polar surface area (TPSA) is 51.4 Å². The zero-order chi connectivity index (χ0) is 40.1. The number of para-hydroxylation sites is 4. The van der Waals surface area contributed by atoms with Gasteiger partial charge in [-0.15, -0.1) is 0 Å². The van der Waals surface area contributed by atoms with Crippen LogP contribution in [0.5, 0.6) is 0 Å². The molecule has 0 aliphatic heterocycles. The van der Waals surface area contributed by atoms with Gasteiger partial charge in [0, 0.05) is 50.1 Å². The summed E-state index contributed by atoms with van der Waals surface area (Å²) < 4.78 is 4.71. The van der Waals surface area contributed by atoms with Gasteiger partial charge in [0.2, 0.25) is 0 Å². The van der Waals surface area contributed by atoms with Crippen molar-refractivity contribution < 1.29 is 0 Å². The lowest BCUT2D eigenvalue weighted by Gasteiger charge is -2.30. The van der Waals surface area contributed by atoms with Crippen LogP contribution in [0.25, 0.3) is 88.7 Å². The molecule has 0 fully saturated rings. The molecule has 0 saturated heterocycles. The van der Waals surface area contributed by atoms with Crippen molar-refractivity contribution in [2.75, 3.05) is 0 Å². The third-order valence-corrected chi connectivity index (χ3v) is 12.0. The number of fused-ring (bicyclic) bond motifs is 7. The lowest BCUT2D eigenvalue weighted by Crippen LogP contribution is -2.22. The molecule has 5 heteroatoms. The summed E-state index contributed by atoms with van der Waals surface area (Å²) in [5.41, 5.74) is 14.8. The number of benzene rings is 6. The highest BCUT2D eigenvalue weighted by Gasteiger charge is 2.28. The van der Waals surface area contributed by atoms with Crippen LogP contribution in [0.15, 0.2) is 140 Å². The molecule has 286 valence electrons. The number of aromatic nitrogens is 5. The summed E-state index contributed by atoms with van der Waals surface area (Å²) in [6.07, 6.45) is 1.96. The fourth-order valence-electron chi connectivity index (χ4n) is 9.04. The highest BCUT2D eigenvalue weighted by atomic mass is 15.1. The molecule has 4 heterocycles. The van der Waals surface area contributed by atoms with E-state index in [2.05, 4.69) is 203 Å². The summed E-state index contributed by atoms with van der Waals surface area (Å²) in [6, 6.07) is 48.6. The van der Waals surface area contributed by atoms with Gasteiger partial charge in [-0.3, -0.25) is 9.13 Å². The normalized spacial score (nSPS) is 12.6. The molecule has 0 aliphatic rings. The second-order valence-electron chi connectivity index (χ2n) is 18.3. The first-order valence-electron chi connectivity index (χ1n) is 20.5. The van der Waals surface area contributed by atoms with Crippen molar-refractivity contribution in [3.05, 3.63) is 156 Å². The van der Waals surface area contributed by atoms with Crippen molar-refractivity contribution in [1.82, 2.24) is 24.1 Å². The predicted octanol–water partition coefficient (Wildman–Crippen LogP) is 14.2. The first kappa shape index (κ1) is 35.9. The maximum Gasteiger partial charge on any atom is 0.147 e. The maximum atomic E-state index is 5.59. The van der Waals surface area contributed by atoms with E-state index in [1.54, 1.807) is 0 Å². The van der Waals surface area contributed by atoms with Gasteiger partial charge >= 0.3 is 0 Å². The summed E-state index contributed by atoms with van der Waals surface area (Å²) in [6.45, 7) is 18.5. The summed E-state index contributed by atoms with van der Waals surface area (Å²) in [5, 5.41) is 4.87. The summed E-state index contributed by atoms with van der Waals surface area (Å²) in [5.74, 6) is 2.22. The Morgan fingerprint density at radius 3 is 2.02 bits per heavy atom. The van der Waals surface area contributed by atoms with Gasteiger partial charge < -0.3 is 4.98 Å². The van der Waals surface area contributed by atoms with Crippen molar-refractivity contribution in [1.29, 1.82) is 0 Å². The summed E-state index contributed by atoms with van der Waals surface area (Å²) in [7, 11) is 0. The van der Waals surface area contributed by atoms with E-state index in [0.29, 0.717) is 5.92 Å². The van der Waals surface area contributed by atoms with Crippen LogP contribution >= 0.6 is 0 Å². The molecule has 0 amide bonds. The summed E-state index contributed by atoms with van der Waals surface area (Å²) >= 11 is 0. The van der Waals surface area contributed by atoms with E-state index in [1.165, 1.54) is 43.8 Å². The summed E-state index contributed by atoms with van der Waals surface area (Å²) in [4.78, 5) is 14.4. The molecule has 1 N–H and O–H groups in total. The van der Waals surface area contributed by atoms with Crippen LogP contribution in [0.4, 0.5) is 0 Å². The fraction of sp³-hybridized carbons (Fsp3) is 0.208. The van der Waals surface area contributed by atoms with Gasteiger partial charge in [0.1, 0.15) is 11.6 Å². The van der Waals surface area contributed by atoms with Gasteiger partial charge in [0.15, 0.2) is 0 Å². The maximum absolute atomic E-state index is 5.59. The van der Waals surface area contributed by atoms with Crippen molar-refractivity contribution in [3.8, 4) is 34.0 Å². The molecule has 0 atom stereocenters. The van der Waals surface area contributed by atoms with Crippen molar-refractivity contribution in [2.24, 2.45) is 0 Å². The van der Waals surface area contributed by atoms with E-state index in [4.69, 9.17) is 9.97 Å². The Hall–Kier alpha value is -6.46. The van der Waals surface area contributed by atoms with Crippen LogP contribution in [0, 0.1) is 0 Å². The number of rotatable bonds is 5. The Kier molecular flexibility index (Phi) is 8.07. The first-order valence-corrected chi connectivity index (χ1v) is 20.5. The molecule has 0 aliphatic carbocycles. The predicted molar refractivity (Wildman–Crippen MR) is 245 cm³/mol. The van der Waals surface area contributed by atoms with Gasteiger partial charge in [-0.1, -0.05) is 128 Å². The van der Waals surface area contributed by atoms with Gasteiger partial charge in [-0.05, 0) is 99.7 Å². The smallest absolute Gasteiger partial charge is 0.147 e. The van der Waals surface area contributed by atoms with Crippen LogP contribution in [-0.4, -0.2) is 24.1 Å². The van der Waals surface area contributed by atoms with E-state index >= 15 is 0 Å². The number of nitrogens with one attached hydrogen (secondary N) is 1. The minimum absolute atomic E-state index is 0.0247. The molecule has 0 radical (unpaired) electrons. The minimum atomic E-state index is -0.0431. The molecule has 6 aromatic carbocycles. The number of H-pyrrole nitrogens is 1. The minimum Gasteiger partial charge on any atom is -0.354 e. The average Bonchev–Trinajstić information content (AvgIpc) is 3.89. The number of aromatic amines is 1. The monoisotopic (exact) mass is 755 g/mol. The number of nitrogens with zero attached hydrogens (tertiary/aromatic N) is 4.